The Morgan fingerprint density at radius 1 is 1.10 bits per heavy atom. The number of carbonyl (C=O) groups is 1. The van der Waals surface area contributed by atoms with E-state index in [0.717, 1.165) is 5.52 Å². The zero-order chi connectivity index (χ0) is 21.0. The summed E-state index contributed by atoms with van der Waals surface area (Å²) >= 11 is 0. The third-order valence-electron chi connectivity index (χ3n) is 4.82. The maximum absolute atomic E-state index is 12.7. The first kappa shape index (κ1) is 21.0. The van der Waals surface area contributed by atoms with Gasteiger partial charge in [0.2, 0.25) is 10.0 Å². The van der Waals surface area contributed by atoms with Gasteiger partial charge in [-0.3, -0.25) is 4.79 Å². The zero-order valence-electron chi connectivity index (χ0n) is 16.8. The van der Waals surface area contributed by atoms with Gasteiger partial charge in [-0.1, -0.05) is 32.0 Å². The van der Waals surface area contributed by atoms with Gasteiger partial charge < -0.3 is 9.30 Å². The van der Waals surface area contributed by atoms with Crippen molar-refractivity contribution in [2.45, 2.75) is 31.6 Å². The van der Waals surface area contributed by atoms with Crippen LogP contribution in [0, 0.1) is 0 Å². The van der Waals surface area contributed by atoms with E-state index in [-0.39, 0.29) is 17.3 Å². The minimum atomic E-state index is -3.55. The highest BCUT2D eigenvalue weighted by molar-refractivity contribution is 7.89. The molecular formula is C21H25N3O4S. The topological polar surface area (TPSA) is 81.5 Å². The smallest absolute Gasteiger partial charge is 0.311 e. The SMILES string of the molecule is CCN(CC)S(=O)(=O)c1ccc2c(c1)nc(CCC(=O)Oc1ccccc1)n2C. The summed E-state index contributed by atoms with van der Waals surface area (Å²) in [6, 6.07) is 13.9. The quantitative estimate of drug-likeness (QED) is 0.417. The lowest BCUT2D eigenvalue weighted by molar-refractivity contribution is -0.134. The normalized spacial score (nSPS) is 11.9. The monoisotopic (exact) mass is 415 g/mol. The summed E-state index contributed by atoms with van der Waals surface area (Å²) in [5.74, 6) is 0.865. The summed E-state index contributed by atoms with van der Waals surface area (Å²) in [6.45, 7) is 4.45. The fourth-order valence-corrected chi connectivity index (χ4v) is 4.69. The minimum absolute atomic E-state index is 0.177. The molecule has 0 aliphatic heterocycles. The molecule has 0 unspecified atom stereocenters. The Hall–Kier alpha value is -2.71. The highest BCUT2D eigenvalue weighted by Gasteiger charge is 2.22. The van der Waals surface area contributed by atoms with Crippen molar-refractivity contribution >= 4 is 27.0 Å². The van der Waals surface area contributed by atoms with Crippen molar-refractivity contribution in [3.8, 4) is 5.75 Å². The van der Waals surface area contributed by atoms with Crippen LogP contribution in [0.2, 0.25) is 0 Å². The second-order valence-electron chi connectivity index (χ2n) is 6.61. The molecule has 3 rings (SSSR count). The maximum Gasteiger partial charge on any atom is 0.311 e. The highest BCUT2D eigenvalue weighted by Crippen LogP contribution is 2.23. The van der Waals surface area contributed by atoms with Gasteiger partial charge in [-0.15, -0.1) is 0 Å². The summed E-state index contributed by atoms with van der Waals surface area (Å²) in [7, 11) is -1.69. The summed E-state index contributed by atoms with van der Waals surface area (Å²) < 4.78 is 34.1. The third kappa shape index (κ3) is 4.49. The maximum atomic E-state index is 12.7. The van der Waals surface area contributed by atoms with E-state index in [1.165, 1.54) is 4.31 Å². The van der Waals surface area contributed by atoms with Gasteiger partial charge in [-0.2, -0.15) is 4.31 Å². The van der Waals surface area contributed by atoms with Crippen molar-refractivity contribution in [3.63, 3.8) is 0 Å². The van der Waals surface area contributed by atoms with Gasteiger partial charge in [0.15, 0.2) is 0 Å². The fourth-order valence-electron chi connectivity index (χ4n) is 3.21. The molecule has 29 heavy (non-hydrogen) atoms. The van der Waals surface area contributed by atoms with Crippen LogP contribution < -0.4 is 4.74 Å². The van der Waals surface area contributed by atoms with Crippen LogP contribution in [-0.2, 0) is 28.3 Å². The van der Waals surface area contributed by atoms with Crippen molar-refractivity contribution < 1.29 is 17.9 Å². The van der Waals surface area contributed by atoms with Crippen LogP contribution in [0.4, 0.5) is 0 Å². The van der Waals surface area contributed by atoms with E-state index in [2.05, 4.69) is 4.98 Å². The predicted octanol–water partition coefficient (Wildman–Crippen LogP) is 3.14. The molecule has 3 aromatic rings. The fraction of sp³-hybridized carbons (Fsp3) is 0.333. The number of nitrogens with zero attached hydrogens (tertiary/aromatic N) is 3. The van der Waals surface area contributed by atoms with Crippen LogP contribution in [0.3, 0.4) is 0 Å². The van der Waals surface area contributed by atoms with Crippen molar-refractivity contribution in [2.75, 3.05) is 13.1 Å². The van der Waals surface area contributed by atoms with Crippen LogP contribution in [0.15, 0.2) is 53.4 Å². The van der Waals surface area contributed by atoms with E-state index < -0.39 is 10.0 Å². The number of carbonyl (C=O) groups excluding carboxylic acids is 1. The van der Waals surface area contributed by atoms with E-state index >= 15 is 0 Å². The van der Waals surface area contributed by atoms with E-state index in [0.29, 0.717) is 36.6 Å². The molecule has 0 N–H and O–H groups in total. The molecule has 154 valence electrons. The van der Waals surface area contributed by atoms with E-state index in [1.54, 1.807) is 42.5 Å². The Morgan fingerprint density at radius 2 is 1.79 bits per heavy atom. The van der Waals surface area contributed by atoms with Crippen molar-refractivity contribution in [1.29, 1.82) is 0 Å². The lowest BCUT2D eigenvalue weighted by Gasteiger charge is -2.18. The summed E-state index contributed by atoms with van der Waals surface area (Å²) in [6.07, 6.45) is 0.575. The molecule has 0 bridgehead atoms. The highest BCUT2D eigenvalue weighted by atomic mass is 32.2. The summed E-state index contributed by atoms with van der Waals surface area (Å²) in [5.41, 5.74) is 1.40. The molecule has 8 heteroatoms. The number of imidazole rings is 1. The Labute approximate surface area is 171 Å². The molecule has 0 radical (unpaired) electrons. The number of esters is 1. The van der Waals surface area contributed by atoms with Gasteiger partial charge >= 0.3 is 5.97 Å². The van der Waals surface area contributed by atoms with Crippen LogP contribution >= 0.6 is 0 Å². The number of aryl methyl sites for hydroxylation is 2. The second kappa shape index (κ2) is 8.75. The molecule has 1 aromatic heterocycles. The van der Waals surface area contributed by atoms with Crippen molar-refractivity contribution in [3.05, 3.63) is 54.4 Å². The lowest BCUT2D eigenvalue weighted by atomic mass is 10.3. The number of sulfonamides is 1. The standard InChI is InChI=1S/C21H25N3O4S/c1-4-24(5-2)29(26,27)17-11-12-19-18(15-17)22-20(23(19)3)13-14-21(25)28-16-9-7-6-8-10-16/h6-12,15H,4-5,13-14H2,1-3H3. The molecule has 0 fully saturated rings. The van der Waals surface area contributed by atoms with E-state index in [4.69, 9.17) is 4.74 Å². The molecule has 0 spiro atoms. The van der Waals surface area contributed by atoms with Crippen LogP contribution in [0.25, 0.3) is 11.0 Å². The molecule has 0 saturated carbocycles. The van der Waals surface area contributed by atoms with Crippen LogP contribution in [-0.4, -0.2) is 41.3 Å². The molecule has 0 amide bonds. The van der Waals surface area contributed by atoms with Gasteiger partial charge in [0.05, 0.1) is 22.3 Å². The molecule has 1 heterocycles. The molecule has 0 aliphatic carbocycles. The Bertz CT molecular complexity index is 1100. The first-order chi connectivity index (χ1) is 13.9. The van der Waals surface area contributed by atoms with E-state index in [1.807, 2.05) is 31.5 Å². The molecule has 0 aliphatic rings. The Kier molecular flexibility index (Phi) is 6.34. The van der Waals surface area contributed by atoms with Crippen LogP contribution in [0.5, 0.6) is 5.75 Å². The number of hydrogen-bond acceptors (Lipinski definition) is 5. The number of benzene rings is 2. The largest absolute Gasteiger partial charge is 0.427 e. The molecular weight excluding hydrogens is 390 g/mol. The van der Waals surface area contributed by atoms with Gasteiger partial charge in [-0.05, 0) is 30.3 Å². The number of rotatable bonds is 8. The van der Waals surface area contributed by atoms with Gasteiger partial charge in [0, 0.05) is 26.6 Å². The Morgan fingerprint density at radius 3 is 2.45 bits per heavy atom. The lowest BCUT2D eigenvalue weighted by Crippen LogP contribution is -2.30. The molecule has 2 aromatic carbocycles. The third-order valence-corrected chi connectivity index (χ3v) is 6.86. The number of para-hydroxylation sites is 1. The number of ether oxygens (including phenoxy) is 1. The van der Waals surface area contributed by atoms with Gasteiger partial charge in [0.1, 0.15) is 11.6 Å². The molecule has 0 atom stereocenters. The first-order valence-electron chi connectivity index (χ1n) is 9.58. The van der Waals surface area contributed by atoms with Gasteiger partial charge in [-0.25, -0.2) is 13.4 Å². The zero-order valence-corrected chi connectivity index (χ0v) is 17.6. The first-order valence-corrected chi connectivity index (χ1v) is 11.0. The molecule has 0 saturated heterocycles. The van der Waals surface area contributed by atoms with Crippen molar-refractivity contribution in [2.24, 2.45) is 7.05 Å². The minimum Gasteiger partial charge on any atom is -0.427 e. The summed E-state index contributed by atoms with van der Waals surface area (Å²) in [4.78, 5) is 16.9. The van der Waals surface area contributed by atoms with Crippen LogP contribution in [0.1, 0.15) is 26.1 Å². The number of fused-ring (bicyclic) bond motifs is 1. The summed E-state index contributed by atoms with van der Waals surface area (Å²) in [5, 5.41) is 0. The van der Waals surface area contributed by atoms with Crippen molar-refractivity contribution in [1.82, 2.24) is 13.9 Å². The second-order valence-corrected chi connectivity index (χ2v) is 8.55. The molecule has 7 nitrogen and oxygen atoms in total. The van der Waals surface area contributed by atoms with Gasteiger partial charge in [0.25, 0.3) is 0 Å². The average Bonchev–Trinajstić information content (AvgIpc) is 3.03. The number of hydrogen-bond donors (Lipinski definition) is 0. The Balaban J connectivity index is 1.78. The van der Waals surface area contributed by atoms with E-state index in [9.17, 15) is 13.2 Å². The predicted molar refractivity (Wildman–Crippen MR) is 111 cm³/mol. The average molecular weight is 416 g/mol. The number of aromatic nitrogens is 2.